The normalized spacial score (nSPS) is 16.9. The van der Waals surface area contributed by atoms with Gasteiger partial charge in [0.15, 0.2) is 0 Å². The number of allylic oxidation sites excluding steroid dienone is 5. The zero-order valence-corrected chi connectivity index (χ0v) is 26.4. The van der Waals surface area contributed by atoms with Crippen LogP contribution in [0.25, 0.3) is 69.8 Å². The second kappa shape index (κ2) is 10.5. The minimum Gasteiger partial charge on any atom is -0.246 e. The van der Waals surface area contributed by atoms with Crippen molar-refractivity contribution in [1.82, 2.24) is 4.98 Å². The molecule has 10 rings (SSSR count). The van der Waals surface area contributed by atoms with Gasteiger partial charge in [-0.2, -0.15) is 0 Å². The number of pyridine rings is 1. The molecule has 0 radical (unpaired) electrons. The van der Waals surface area contributed by atoms with Crippen LogP contribution in [-0.4, -0.2) is 4.98 Å². The fourth-order valence-electron chi connectivity index (χ4n) is 7.87. The summed E-state index contributed by atoms with van der Waals surface area (Å²) in [5, 5.41) is 6.32. The summed E-state index contributed by atoms with van der Waals surface area (Å²) >= 11 is 1.87. The van der Waals surface area contributed by atoms with Crippen molar-refractivity contribution in [1.29, 1.82) is 0 Å². The molecule has 220 valence electrons. The standard InChI is InChI=1S/C45H29NS/c1-2-11-30(12-3-1)44-38-25-26-41-43(36-17-8-9-20-40(36)47-41)42(38)37-19-10-18-33(45(37)46-44)28-21-23-29(24-22-28)39-27-31-13-4-5-14-32(31)34-15-6-7-16-35(34)39/h1-27,31-32H. The van der Waals surface area contributed by atoms with Gasteiger partial charge in [-0.15, -0.1) is 11.3 Å². The molecule has 0 aliphatic heterocycles. The summed E-state index contributed by atoms with van der Waals surface area (Å²) < 4.78 is 2.63. The van der Waals surface area contributed by atoms with Crippen LogP contribution < -0.4 is 0 Å². The Hall–Kier alpha value is -5.57. The third kappa shape index (κ3) is 4.12. The van der Waals surface area contributed by atoms with Crippen molar-refractivity contribution in [2.24, 2.45) is 5.92 Å². The predicted molar refractivity (Wildman–Crippen MR) is 201 cm³/mol. The van der Waals surface area contributed by atoms with Crippen LogP contribution in [0.5, 0.6) is 0 Å². The van der Waals surface area contributed by atoms with Gasteiger partial charge in [0.25, 0.3) is 0 Å². The van der Waals surface area contributed by atoms with Gasteiger partial charge in [0.1, 0.15) is 0 Å². The van der Waals surface area contributed by atoms with E-state index in [1.165, 1.54) is 64.2 Å². The Bertz CT molecular complexity index is 2620. The first-order valence-corrected chi connectivity index (χ1v) is 17.1. The van der Waals surface area contributed by atoms with Crippen LogP contribution in [0.4, 0.5) is 0 Å². The monoisotopic (exact) mass is 615 g/mol. The fraction of sp³-hybridized carbons (Fsp3) is 0.0444. The van der Waals surface area contributed by atoms with Crippen LogP contribution in [0.15, 0.2) is 164 Å². The molecule has 0 saturated heterocycles. The number of aromatic nitrogens is 1. The van der Waals surface area contributed by atoms with Crippen LogP contribution >= 0.6 is 11.3 Å². The highest BCUT2D eigenvalue weighted by Crippen LogP contribution is 2.46. The van der Waals surface area contributed by atoms with E-state index in [1.807, 2.05) is 11.3 Å². The molecule has 0 bridgehead atoms. The van der Waals surface area contributed by atoms with Crippen molar-refractivity contribution >= 4 is 58.8 Å². The Labute approximate surface area is 277 Å². The first-order chi connectivity index (χ1) is 23.3. The first-order valence-electron chi connectivity index (χ1n) is 16.3. The van der Waals surface area contributed by atoms with Gasteiger partial charge < -0.3 is 0 Å². The lowest BCUT2D eigenvalue weighted by atomic mass is 9.73. The van der Waals surface area contributed by atoms with E-state index in [1.54, 1.807) is 0 Å². The average Bonchev–Trinajstić information content (AvgIpc) is 3.53. The number of fused-ring (bicyclic) bond motifs is 10. The number of thiophene rings is 1. The largest absolute Gasteiger partial charge is 0.246 e. The summed E-state index contributed by atoms with van der Waals surface area (Å²) in [6, 6.07) is 48.8. The lowest BCUT2D eigenvalue weighted by Gasteiger charge is -2.31. The molecule has 0 fully saturated rings. The van der Waals surface area contributed by atoms with Crippen molar-refractivity contribution in [2.45, 2.75) is 5.92 Å². The topological polar surface area (TPSA) is 12.9 Å². The maximum atomic E-state index is 5.49. The molecule has 2 unspecified atom stereocenters. The Morgan fingerprint density at radius 2 is 1.23 bits per heavy atom. The van der Waals surface area contributed by atoms with Crippen LogP contribution in [0.3, 0.4) is 0 Å². The molecule has 0 saturated carbocycles. The highest BCUT2D eigenvalue weighted by molar-refractivity contribution is 7.26. The summed E-state index contributed by atoms with van der Waals surface area (Å²) in [7, 11) is 0. The van der Waals surface area contributed by atoms with E-state index in [-0.39, 0.29) is 0 Å². The van der Waals surface area contributed by atoms with Gasteiger partial charge in [0.05, 0.1) is 11.2 Å². The van der Waals surface area contributed by atoms with Crippen LogP contribution in [0.2, 0.25) is 0 Å². The molecule has 0 spiro atoms. The minimum absolute atomic E-state index is 0.376. The van der Waals surface area contributed by atoms with Crippen molar-refractivity contribution in [3.63, 3.8) is 0 Å². The molecule has 2 atom stereocenters. The number of hydrogen-bond acceptors (Lipinski definition) is 2. The Balaban J connectivity index is 1.19. The minimum atomic E-state index is 0.376. The molecule has 1 nitrogen and oxygen atoms in total. The maximum absolute atomic E-state index is 5.49. The van der Waals surface area contributed by atoms with Gasteiger partial charge in [0.2, 0.25) is 0 Å². The number of benzene rings is 6. The average molecular weight is 616 g/mol. The van der Waals surface area contributed by atoms with E-state index >= 15 is 0 Å². The summed E-state index contributed by atoms with van der Waals surface area (Å²) in [6.45, 7) is 0. The Morgan fingerprint density at radius 1 is 0.489 bits per heavy atom. The third-order valence-corrected chi connectivity index (χ3v) is 11.2. The van der Waals surface area contributed by atoms with Crippen LogP contribution in [-0.2, 0) is 0 Å². The zero-order chi connectivity index (χ0) is 30.9. The number of nitrogens with zero attached hydrogens (tertiary/aromatic N) is 1. The third-order valence-electron chi connectivity index (χ3n) is 10.0. The maximum Gasteiger partial charge on any atom is 0.0794 e. The van der Waals surface area contributed by atoms with Gasteiger partial charge in [-0.1, -0.05) is 152 Å². The molecule has 2 aliphatic rings. The molecule has 2 heteroatoms. The molecule has 47 heavy (non-hydrogen) atoms. The van der Waals surface area contributed by atoms with E-state index in [4.69, 9.17) is 4.98 Å². The van der Waals surface area contributed by atoms with Gasteiger partial charge in [-0.25, -0.2) is 4.98 Å². The highest BCUT2D eigenvalue weighted by Gasteiger charge is 2.28. The van der Waals surface area contributed by atoms with E-state index in [9.17, 15) is 0 Å². The van der Waals surface area contributed by atoms with Crippen molar-refractivity contribution in [3.8, 4) is 22.4 Å². The van der Waals surface area contributed by atoms with Crippen LogP contribution in [0.1, 0.15) is 22.6 Å². The van der Waals surface area contributed by atoms with Crippen molar-refractivity contribution in [3.05, 3.63) is 181 Å². The quantitative estimate of drug-likeness (QED) is 0.180. The molecule has 0 N–H and O–H groups in total. The van der Waals surface area contributed by atoms with Gasteiger partial charge in [0, 0.05) is 59.3 Å². The fourth-order valence-corrected chi connectivity index (χ4v) is 8.99. The molecule has 6 aromatic carbocycles. The summed E-state index contributed by atoms with van der Waals surface area (Å²) in [6.07, 6.45) is 11.5. The lowest BCUT2D eigenvalue weighted by Crippen LogP contribution is -2.16. The number of hydrogen-bond donors (Lipinski definition) is 0. The second-order valence-corrected chi connectivity index (χ2v) is 13.7. The van der Waals surface area contributed by atoms with Crippen molar-refractivity contribution < 1.29 is 0 Å². The van der Waals surface area contributed by atoms with Crippen LogP contribution in [0, 0.1) is 5.92 Å². The SMILES string of the molecule is C1=CC2C=C(c3ccc(-c4cccc5c4nc(-c4ccccc4)c4ccc6sc7ccccc7c6c45)cc3)c3ccccc3C2C=C1. The summed E-state index contributed by atoms with van der Waals surface area (Å²) in [5.41, 5.74) is 10.8. The lowest BCUT2D eigenvalue weighted by molar-refractivity contribution is 0.689. The molecule has 2 heterocycles. The van der Waals surface area contributed by atoms with Crippen molar-refractivity contribution in [2.75, 3.05) is 0 Å². The Kier molecular flexibility index (Phi) is 5.94. The molecular formula is C45H29NS. The van der Waals surface area contributed by atoms with Gasteiger partial charge in [-0.3, -0.25) is 0 Å². The summed E-state index contributed by atoms with van der Waals surface area (Å²) in [5.74, 6) is 0.781. The molecule has 2 aliphatic carbocycles. The smallest absolute Gasteiger partial charge is 0.0794 e. The number of para-hydroxylation sites is 1. The zero-order valence-electron chi connectivity index (χ0n) is 25.6. The Morgan fingerprint density at radius 3 is 2.15 bits per heavy atom. The summed E-state index contributed by atoms with van der Waals surface area (Å²) in [4.78, 5) is 5.49. The number of rotatable bonds is 3. The first kappa shape index (κ1) is 26.6. The van der Waals surface area contributed by atoms with E-state index in [2.05, 4.69) is 164 Å². The highest BCUT2D eigenvalue weighted by atomic mass is 32.1. The predicted octanol–water partition coefficient (Wildman–Crippen LogP) is 12.4. The molecule has 0 amide bonds. The van der Waals surface area contributed by atoms with E-state index < -0.39 is 0 Å². The van der Waals surface area contributed by atoms with Gasteiger partial charge in [-0.05, 0) is 40.0 Å². The molecule has 8 aromatic rings. The second-order valence-electron chi connectivity index (χ2n) is 12.6. The van der Waals surface area contributed by atoms with Gasteiger partial charge >= 0.3 is 0 Å². The van der Waals surface area contributed by atoms with E-state index in [0.717, 1.165) is 22.3 Å². The van der Waals surface area contributed by atoms with E-state index in [0.29, 0.717) is 11.8 Å². The molecule has 2 aromatic heterocycles. The molecular weight excluding hydrogens is 587 g/mol.